The molecule has 0 heterocycles. The number of benzene rings is 1. The highest BCUT2D eigenvalue weighted by molar-refractivity contribution is 9.10. The Kier molecular flexibility index (Phi) is 8.45. The zero-order chi connectivity index (χ0) is 14.5. The molecule has 1 aromatic rings. The summed E-state index contributed by atoms with van der Waals surface area (Å²) in [4.78, 5) is 0.112. The maximum Gasteiger partial charge on any atom is 0.241 e. The number of nitrogens with one attached hydrogen (secondary N) is 2. The quantitative estimate of drug-likeness (QED) is 0.689. The molecule has 0 aliphatic rings. The average Bonchev–Trinajstić information content (AvgIpc) is 2.38. The van der Waals surface area contributed by atoms with Crippen molar-refractivity contribution in [3.63, 3.8) is 0 Å². The van der Waals surface area contributed by atoms with Crippen molar-refractivity contribution in [3.8, 4) is 11.5 Å². The van der Waals surface area contributed by atoms with E-state index in [2.05, 4.69) is 26.0 Å². The molecule has 0 fully saturated rings. The number of sulfonamides is 1. The smallest absolute Gasteiger partial charge is 0.241 e. The molecule has 0 saturated carbocycles. The second kappa shape index (κ2) is 8.68. The van der Waals surface area contributed by atoms with Gasteiger partial charge in [-0.05, 0) is 29.0 Å². The number of hydrogen-bond donors (Lipinski definition) is 2. The van der Waals surface area contributed by atoms with E-state index in [0.717, 1.165) is 0 Å². The summed E-state index contributed by atoms with van der Waals surface area (Å²) in [6, 6.07) is 2.98. The molecular weight excluding hydrogens is 372 g/mol. The zero-order valence-electron chi connectivity index (χ0n) is 11.4. The van der Waals surface area contributed by atoms with E-state index in [4.69, 9.17) is 9.47 Å². The van der Waals surface area contributed by atoms with E-state index >= 15 is 0 Å². The molecule has 0 bridgehead atoms. The van der Waals surface area contributed by atoms with Crippen molar-refractivity contribution in [2.24, 2.45) is 0 Å². The van der Waals surface area contributed by atoms with Gasteiger partial charge >= 0.3 is 0 Å². The number of rotatable bonds is 7. The molecule has 0 spiro atoms. The number of methoxy groups -OCH3 is 2. The summed E-state index contributed by atoms with van der Waals surface area (Å²) in [6.45, 7) is 0.851. The van der Waals surface area contributed by atoms with Crippen molar-refractivity contribution in [1.29, 1.82) is 0 Å². The molecule has 0 saturated heterocycles. The van der Waals surface area contributed by atoms with Gasteiger partial charge in [-0.15, -0.1) is 12.4 Å². The number of likely N-dealkylation sites (N-methyl/N-ethyl adjacent to an activating group) is 1. The van der Waals surface area contributed by atoms with Gasteiger partial charge in [0, 0.05) is 23.6 Å². The molecule has 116 valence electrons. The zero-order valence-corrected chi connectivity index (χ0v) is 14.6. The SMILES string of the molecule is CNCCNS(=O)(=O)c1cc(OC)c(OC)cc1Br.Cl. The second-order valence-electron chi connectivity index (χ2n) is 3.64. The summed E-state index contributed by atoms with van der Waals surface area (Å²) in [7, 11) is 1.10. The fourth-order valence-corrected chi connectivity index (χ4v) is 3.50. The molecule has 0 unspecified atom stereocenters. The molecule has 0 radical (unpaired) electrons. The Morgan fingerprint density at radius 2 is 1.70 bits per heavy atom. The van der Waals surface area contributed by atoms with Gasteiger partial charge in [0.1, 0.15) is 4.90 Å². The maximum absolute atomic E-state index is 12.1. The molecule has 6 nitrogen and oxygen atoms in total. The van der Waals surface area contributed by atoms with Crippen molar-refractivity contribution >= 4 is 38.4 Å². The predicted octanol–water partition coefficient (Wildman–Crippen LogP) is 1.39. The van der Waals surface area contributed by atoms with Crippen LogP contribution in [0.2, 0.25) is 0 Å². The van der Waals surface area contributed by atoms with Gasteiger partial charge in [-0.25, -0.2) is 13.1 Å². The van der Waals surface area contributed by atoms with Crippen LogP contribution in [0.25, 0.3) is 0 Å². The normalized spacial score (nSPS) is 10.8. The number of halogens is 2. The Morgan fingerprint density at radius 1 is 1.15 bits per heavy atom. The predicted molar refractivity (Wildman–Crippen MR) is 83.6 cm³/mol. The fraction of sp³-hybridized carbons (Fsp3) is 0.455. The lowest BCUT2D eigenvalue weighted by atomic mass is 10.3. The first-order valence-electron chi connectivity index (χ1n) is 5.52. The highest BCUT2D eigenvalue weighted by atomic mass is 79.9. The summed E-state index contributed by atoms with van der Waals surface area (Å²) >= 11 is 3.23. The van der Waals surface area contributed by atoms with Crippen molar-refractivity contribution in [1.82, 2.24) is 10.0 Å². The molecule has 1 rings (SSSR count). The number of ether oxygens (including phenoxy) is 2. The van der Waals surface area contributed by atoms with E-state index in [1.54, 1.807) is 13.1 Å². The van der Waals surface area contributed by atoms with Crippen LogP contribution in [0.5, 0.6) is 11.5 Å². The van der Waals surface area contributed by atoms with E-state index in [0.29, 0.717) is 29.1 Å². The van der Waals surface area contributed by atoms with E-state index in [9.17, 15) is 8.42 Å². The first-order chi connectivity index (χ1) is 8.96. The largest absolute Gasteiger partial charge is 0.493 e. The van der Waals surface area contributed by atoms with Crippen molar-refractivity contribution in [2.75, 3.05) is 34.4 Å². The molecule has 9 heteroatoms. The molecule has 0 aliphatic carbocycles. The molecule has 0 amide bonds. The van der Waals surface area contributed by atoms with Crippen LogP contribution in [-0.2, 0) is 10.0 Å². The Morgan fingerprint density at radius 3 is 2.20 bits per heavy atom. The van der Waals surface area contributed by atoms with Gasteiger partial charge in [-0.1, -0.05) is 0 Å². The lowest BCUT2D eigenvalue weighted by molar-refractivity contribution is 0.353. The molecule has 2 N–H and O–H groups in total. The van der Waals surface area contributed by atoms with Crippen molar-refractivity contribution in [2.45, 2.75) is 4.90 Å². The molecule has 1 aromatic carbocycles. The summed E-state index contributed by atoms with van der Waals surface area (Å²) in [5, 5.41) is 2.86. The van der Waals surface area contributed by atoms with Crippen LogP contribution in [0.15, 0.2) is 21.5 Å². The van der Waals surface area contributed by atoms with Crippen molar-refractivity contribution < 1.29 is 17.9 Å². The Bertz CT molecular complexity index is 539. The summed E-state index contributed by atoms with van der Waals surface area (Å²) < 4.78 is 37.4. The average molecular weight is 390 g/mol. The Balaban J connectivity index is 0.00000361. The van der Waals surface area contributed by atoms with Crippen LogP contribution in [-0.4, -0.2) is 42.8 Å². The third kappa shape index (κ3) is 4.78. The monoisotopic (exact) mass is 388 g/mol. The summed E-state index contributed by atoms with van der Waals surface area (Å²) in [6.07, 6.45) is 0. The van der Waals surface area contributed by atoms with Gasteiger partial charge in [0.25, 0.3) is 0 Å². The van der Waals surface area contributed by atoms with Crippen LogP contribution in [0.1, 0.15) is 0 Å². The molecule has 0 aromatic heterocycles. The number of hydrogen-bond acceptors (Lipinski definition) is 5. The topological polar surface area (TPSA) is 76.7 Å². The molecule has 20 heavy (non-hydrogen) atoms. The lowest BCUT2D eigenvalue weighted by Crippen LogP contribution is -2.30. The highest BCUT2D eigenvalue weighted by Gasteiger charge is 2.20. The van der Waals surface area contributed by atoms with Gasteiger partial charge in [-0.2, -0.15) is 0 Å². The van der Waals surface area contributed by atoms with E-state index < -0.39 is 10.0 Å². The molecule has 0 aliphatic heterocycles. The Labute approximate surface area is 133 Å². The van der Waals surface area contributed by atoms with E-state index in [1.165, 1.54) is 20.3 Å². The second-order valence-corrected chi connectivity index (χ2v) is 6.23. The maximum atomic E-state index is 12.1. The van der Waals surface area contributed by atoms with Crippen LogP contribution in [0, 0.1) is 0 Å². The third-order valence-corrected chi connectivity index (χ3v) is 4.81. The Hall–Kier alpha value is -0.540. The van der Waals surface area contributed by atoms with Gasteiger partial charge in [0.15, 0.2) is 11.5 Å². The minimum absolute atomic E-state index is 0. The third-order valence-electron chi connectivity index (χ3n) is 2.39. The van der Waals surface area contributed by atoms with Gasteiger partial charge in [0.05, 0.1) is 14.2 Å². The fourth-order valence-electron chi connectivity index (χ4n) is 1.43. The first-order valence-corrected chi connectivity index (χ1v) is 7.79. The summed E-state index contributed by atoms with van der Waals surface area (Å²) in [5.74, 6) is 0.822. The minimum atomic E-state index is -3.59. The van der Waals surface area contributed by atoms with Gasteiger partial charge in [-0.3, -0.25) is 0 Å². The first kappa shape index (κ1) is 19.5. The van der Waals surface area contributed by atoms with Gasteiger partial charge in [0.2, 0.25) is 10.0 Å². The highest BCUT2D eigenvalue weighted by Crippen LogP contribution is 2.35. The van der Waals surface area contributed by atoms with Crippen LogP contribution in [0.4, 0.5) is 0 Å². The molecule has 0 atom stereocenters. The van der Waals surface area contributed by atoms with E-state index in [-0.39, 0.29) is 17.3 Å². The standard InChI is InChI=1S/C11H17BrN2O4S.ClH/c1-13-4-5-14-19(15,16)11-7-10(18-3)9(17-2)6-8(11)12;/h6-7,13-14H,4-5H2,1-3H3;1H. The van der Waals surface area contributed by atoms with Crippen LogP contribution >= 0.6 is 28.3 Å². The van der Waals surface area contributed by atoms with Crippen molar-refractivity contribution in [3.05, 3.63) is 16.6 Å². The minimum Gasteiger partial charge on any atom is -0.493 e. The lowest BCUT2D eigenvalue weighted by Gasteiger charge is -2.13. The van der Waals surface area contributed by atoms with Gasteiger partial charge < -0.3 is 14.8 Å². The van der Waals surface area contributed by atoms with E-state index in [1.807, 2.05) is 0 Å². The van der Waals surface area contributed by atoms with Crippen LogP contribution < -0.4 is 19.5 Å². The summed E-state index contributed by atoms with van der Waals surface area (Å²) in [5.41, 5.74) is 0. The molecular formula is C11H18BrClN2O4S. The van der Waals surface area contributed by atoms with Crippen LogP contribution in [0.3, 0.4) is 0 Å².